The van der Waals surface area contributed by atoms with Gasteiger partial charge < -0.3 is 4.74 Å². The lowest BCUT2D eigenvalue weighted by molar-refractivity contribution is 0.340. The van der Waals surface area contributed by atoms with Crippen LogP contribution in [-0.4, -0.2) is 20.0 Å². The third-order valence-electron chi connectivity index (χ3n) is 4.09. The van der Waals surface area contributed by atoms with Crippen LogP contribution in [-0.2, 0) is 16.6 Å². The molecule has 0 saturated heterocycles. The molecule has 2 aromatic carbocycles. The quantitative estimate of drug-likeness (QED) is 0.615. The number of aromatic nitrogens is 1. The molecule has 0 radical (unpaired) electrons. The van der Waals surface area contributed by atoms with Gasteiger partial charge in [0, 0.05) is 12.4 Å². The van der Waals surface area contributed by atoms with Gasteiger partial charge in [0.2, 0.25) is 0 Å². The van der Waals surface area contributed by atoms with Gasteiger partial charge in [0.15, 0.2) is 0 Å². The van der Waals surface area contributed by atoms with Crippen molar-refractivity contribution in [2.75, 3.05) is 10.9 Å². The number of rotatable bonds is 7. The van der Waals surface area contributed by atoms with Crippen LogP contribution in [0.4, 0.5) is 5.69 Å². The highest BCUT2D eigenvalue weighted by molar-refractivity contribution is 7.92. The summed E-state index contributed by atoms with van der Waals surface area (Å²) in [5, 5.41) is 0. The van der Waals surface area contributed by atoms with E-state index in [2.05, 4.69) is 4.98 Å². The van der Waals surface area contributed by atoms with Crippen molar-refractivity contribution in [2.24, 2.45) is 0 Å². The SMILES string of the molecule is CCOc1ccc(S(=O)(=O)N(Cc2cccnc2)c2ccc(C)cc2)cc1. The van der Waals surface area contributed by atoms with E-state index in [0.717, 1.165) is 11.1 Å². The van der Waals surface area contributed by atoms with Gasteiger partial charge in [-0.3, -0.25) is 9.29 Å². The lowest BCUT2D eigenvalue weighted by atomic mass is 10.2. The Hall–Kier alpha value is -2.86. The first-order chi connectivity index (χ1) is 13.0. The third kappa shape index (κ3) is 4.46. The van der Waals surface area contributed by atoms with Gasteiger partial charge >= 0.3 is 0 Å². The zero-order chi connectivity index (χ0) is 19.3. The highest BCUT2D eigenvalue weighted by Crippen LogP contribution is 2.27. The van der Waals surface area contributed by atoms with Crippen molar-refractivity contribution in [3.05, 3.63) is 84.2 Å². The molecule has 0 saturated carbocycles. The minimum atomic E-state index is -3.75. The number of anilines is 1. The van der Waals surface area contributed by atoms with Gasteiger partial charge in [0.25, 0.3) is 10.0 Å². The second kappa shape index (κ2) is 8.22. The molecule has 0 unspecified atom stereocenters. The average Bonchev–Trinajstić information content (AvgIpc) is 2.68. The number of hydrogen-bond acceptors (Lipinski definition) is 4. The van der Waals surface area contributed by atoms with E-state index in [-0.39, 0.29) is 11.4 Å². The lowest BCUT2D eigenvalue weighted by Crippen LogP contribution is -2.30. The molecule has 140 valence electrons. The molecular formula is C21H22N2O3S. The van der Waals surface area contributed by atoms with E-state index in [1.807, 2.05) is 44.2 Å². The van der Waals surface area contributed by atoms with Crippen molar-refractivity contribution in [1.29, 1.82) is 0 Å². The Morgan fingerprint density at radius 2 is 1.70 bits per heavy atom. The van der Waals surface area contributed by atoms with Crippen LogP contribution in [0.5, 0.6) is 5.75 Å². The molecule has 6 heteroatoms. The molecule has 3 rings (SSSR count). The van der Waals surface area contributed by atoms with Crippen molar-refractivity contribution in [3.8, 4) is 5.75 Å². The Kier molecular flexibility index (Phi) is 5.76. The molecular weight excluding hydrogens is 360 g/mol. The van der Waals surface area contributed by atoms with Gasteiger partial charge in [-0.2, -0.15) is 0 Å². The summed E-state index contributed by atoms with van der Waals surface area (Å²) in [6.07, 6.45) is 3.34. The maximum atomic E-state index is 13.4. The summed E-state index contributed by atoms with van der Waals surface area (Å²) in [5.74, 6) is 0.644. The van der Waals surface area contributed by atoms with E-state index in [4.69, 9.17) is 4.74 Å². The molecule has 27 heavy (non-hydrogen) atoms. The number of aryl methyl sites for hydroxylation is 1. The Labute approximate surface area is 160 Å². The number of sulfonamides is 1. The number of benzene rings is 2. The standard InChI is InChI=1S/C21H22N2O3S/c1-3-26-20-10-12-21(13-11-20)27(24,25)23(16-18-5-4-14-22-15-18)19-8-6-17(2)7-9-19/h4-15H,3,16H2,1-2H3. The zero-order valence-electron chi connectivity index (χ0n) is 15.4. The molecule has 0 bridgehead atoms. The molecule has 5 nitrogen and oxygen atoms in total. The average molecular weight is 382 g/mol. The summed E-state index contributed by atoms with van der Waals surface area (Å²) < 4.78 is 33.5. The topological polar surface area (TPSA) is 59.5 Å². The molecule has 0 aliphatic rings. The Morgan fingerprint density at radius 3 is 2.30 bits per heavy atom. The summed E-state index contributed by atoms with van der Waals surface area (Å²) in [6.45, 7) is 4.59. The number of ether oxygens (including phenoxy) is 1. The molecule has 1 aromatic heterocycles. The molecule has 0 fully saturated rings. The molecule has 0 aliphatic carbocycles. The number of pyridine rings is 1. The van der Waals surface area contributed by atoms with Gasteiger partial charge in [-0.1, -0.05) is 23.8 Å². The van der Waals surface area contributed by atoms with Gasteiger partial charge in [0.05, 0.1) is 23.7 Å². The fourth-order valence-corrected chi connectivity index (χ4v) is 4.14. The highest BCUT2D eigenvalue weighted by atomic mass is 32.2. The van der Waals surface area contributed by atoms with Crippen molar-refractivity contribution < 1.29 is 13.2 Å². The normalized spacial score (nSPS) is 11.2. The molecule has 0 N–H and O–H groups in total. The van der Waals surface area contributed by atoms with E-state index < -0.39 is 10.0 Å². The molecule has 0 amide bonds. The highest BCUT2D eigenvalue weighted by Gasteiger charge is 2.25. The first-order valence-electron chi connectivity index (χ1n) is 8.72. The molecule has 0 aliphatic heterocycles. The smallest absolute Gasteiger partial charge is 0.264 e. The minimum absolute atomic E-state index is 0.201. The molecule has 3 aromatic rings. The van der Waals surface area contributed by atoms with Crippen LogP contribution in [0.15, 0.2) is 78.0 Å². The van der Waals surface area contributed by atoms with Gasteiger partial charge in [-0.05, 0) is 61.9 Å². The van der Waals surface area contributed by atoms with E-state index in [1.165, 1.54) is 4.31 Å². The van der Waals surface area contributed by atoms with Gasteiger partial charge in [0.1, 0.15) is 5.75 Å². The van der Waals surface area contributed by atoms with Crippen molar-refractivity contribution >= 4 is 15.7 Å². The monoisotopic (exact) mass is 382 g/mol. The number of hydrogen-bond donors (Lipinski definition) is 0. The predicted octanol–water partition coefficient (Wildman–Crippen LogP) is 4.18. The summed E-state index contributed by atoms with van der Waals surface area (Å²) in [4.78, 5) is 4.31. The van der Waals surface area contributed by atoms with E-state index >= 15 is 0 Å². The second-order valence-corrected chi connectivity index (χ2v) is 7.98. The maximum absolute atomic E-state index is 13.4. The largest absolute Gasteiger partial charge is 0.494 e. The fraction of sp³-hybridized carbons (Fsp3) is 0.190. The fourth-order valence-electron chi connectivity index (χ4n) is 2.69. The van der Waals surface area contributed by atoms with E-state index in [1.54, 1.807) is 42.7 Å². The first-order valence-corrected chi connectivity index (χ1v) is 10.2. The van der Waals surface area contributed by atoms with Crippen LogP contribution < -0.4 is 9.04 Å². The summed E-state index contributed by atoms with van der Waals surface area (Å²) in [7, 11) is -3.75. The number of nitrogens with zero attached hydrogens (tertiary/aromatic N) is 2. The second-order valence-electron chi connectivity index (χ2n) is 6.11. The van der Waals surface area contributed by atoms with Crippen molar-refractivity contribution in [2.45, 2.75) is 25.3 Å². The van der Waals surface area contributed by atoms with Crippen molar-refractivity contribution in [1.82, 2.24) is 4.98 Å². The Balaban J connectivity index is 2.01. The Morgan fingerprint density at radius 1 is 1.00 bits per heavy atom. The van der Waals surface area contributed by atoms with Crippen LogP contribution in [0.2, 0.25) is 0 Å². The van der Waals surface area contributed by atoms with Crippen LogP contribution in [0.25, 0.3) is 0 Å². The van der Waals surface area contributed by atoms with Gasteiger partial charge in [-0.25, -0.2) is 8.42 Å². The third-order valence-corrected chi connectivity index (χ3v) is 5.88. The maximum Gasteiger partial charge on any atom is 0.264 e. The first kappa shape index (κ1) is 18.9. The summed E-state index contributed by atoms with van der Waals surface area (Å²) in [5.41, 5.74) is 2.49. The van der Waals surface area contributed by atoms with Crippen LogP contribution in [0, 0.1) is 6.92 Å². The van der Waals surface area contributed by atoms with Crippen LogP contribution >= 0.6 is 0 Å². The summed E-state index contributed by atoms with van der Waals surface area (Å²) in [6, 6.07) is 17.6. The lowest BCUT2D eigenvalue weighted by Gasteiger charge is -2.25. The predicted molar refractivity (Wildman–Crippen MR) is 106 cm³/mol. The summed E-state index contributed by atoms with van der Waals surface area (Å²) >= 11 is 0. The zero-order valence-corrected chi connectivity index (χ0v) is 16.2. The van der Waals surface area contributed by atoms with Gasteiger partial charge in [-0.15, -0.1) is 0 Å². The van der Waals surface area contributed by atoms with Crippen LogP contribution in [0.1, 0.15) is 18.1 Å². The Bertz CT molecular complexity index is 970. The van der Waals surface area contributed by atoms with E-state index in [9.17, 15) is 8.42 Å². The molecule has 1 heterocycles. The van der Waals surface area contributed by atoms with Crippen LogP contribution in [0.3, 0.4) is 0 Å². The van der Waals surface area contributed by atoms with Crippen molar-refractivity contribution in [3.63, 3.8) is 0 Å². The molecule has 0 atom stereocenters. The minimum Gasteiger partial charge on any atom is -0.494 e. The van der Waals surface area contributed by atoms with E-state index in [0.29, 0.717) is 18.0 Å². The molecule has 0 spiro atoms.